The van der Waals surface area contributed by atoms with Crippen molar-refractivity contribution in [2.24, 2.45) is 11.8 Å². The number of ether oxygens (including phenoxy) is 1. The van der Waals surface area contributed by atoms with Crippen LogP contribution in [-0.4, -0.2) is 41.6 Å². The highest BCUT2D eigenvalue weighted by Gasteiger charge is 2.72. The zero-order valence-corrected chi connectivity index (χ0v) is 23.8. The van der Waals surface area contributed by atoms with Gasteiger partial charge in [0.15, 0.2) is 6.61 Å². The van der Waals surface area contributed by atoms with Crippen molar-refractivity contribution in [3.8, 4) is 0 Å². The normalized spacial score (nSPS) is 26.6. The molecule has 1 aliphatic heterocycles. The van der Waals surface area contributed by atoms with Crippen LogP contribution >= 0.6 is 31.9 Å². The number of benzene rings is 3. The summed E-state index contributed by atoms with van der Waals surface area (Å²) in [6.07, 6.45) is 0. The van der Waals surface area contributed by atoms with Gasteiger partial charge in [-0.1, -0.05) is 98.1 Å². The quantitative estimate of drug-likeness (QED) is 0.172. The van der Waals surface area contributed by atoms with E-state index in [0.717, 1.165) is 38.3 Å². The van der Waals surface area contributed by atoms with Crippen LogP contribution in [0.3, 0.4) is 0 Å². The molecule has 0 spiro atoms. The Kier molecular flexibility index (Phi) is 5.78. The van der Waals surface area contributed by atoms with Gasteiger partial charge in [-0.2, -0.15) is 0 Å². The monoisotopic (exact) mass is 635 g/mol. The number of ketones is 1. The number of esters is 1. The van der Waals surface area contributed by atoms with E-state index in [9.17, 15) is 19.2 Å². The van der Waals surface area contributed by atoms with Crippen molar-refractivity contribution in [2.75, 3.05) is 13.2 Å². The van der Waals surface area contributed by atoms with Crippen molar-refractivity contribution in [3.63, 3.8) is 0 Å². The van der Waals surface area contributed by atoms with E-state index in [-0.39, 0.29) is 5.78 Å². The Morgan fingerprint density at radius 2 is 1.29 bits per heavy atom. The predicted octanol–water partition coefficient (Wildman–Crippen LogP) is 4.93. The van der Waals surface area contributed by atoms with Crippen molar-refractivity contribution in [1.29, 1.82) is 0 Å². The molecule has 1 saturated heterocycles. The summed E-state index contributed by atoms with van der Waals surface area (Å²) in [5.41, 5.74) is 5.86. The van der Waals surface area contributed by atoms with Crippen LogP contribution in [0.5, 0.6) is 0 Å². The molecule has 4 aliphatic rings. The number of rotatable bonds is 5. The highest BCUT2D eigenvalue weighted by Crippen LogP contribution is 2.70. The summed E-state index contributed by atoms with van der Waals surface area (Å²) < 4.78 is 3.40. The Labute approximate surface area is 236 Å². The van der Waals surface area contributed by atoms with Crippen LogP contribution in [0, 0.1) is 25.7 Å². The van der Waals surface area contributed by atoms with Crippen LogP contribution in [0.1, 0.15) is 43.7 Å². The number of Topliss-reactive ketones (excluding diaryl/α,β-unsaturated/α-hetero) is 1. The van der Waals surface area contributed by atoms with E-state index in [1.54, 1.807) is 6.07 Å². The first-order valence-corrected chi connectivity index (χ1v) is 13.9. The van der Waals surface area contributed by atoms with Gasteiger partial charge >= 0.3 is 5.97 Å². The Hall–Kier alpha value is -3.10. The number of imide groups is 1. The lowest BCUT2D eigenvalue weighted by Crippen LogP contribution is -2.56. The maximum absolute atomic E-state index is 13.9. The third-order valence-electron chi connectivity index (χ3n) is 8.02. The van der Waals surface area contributed by atoms with Crippen molar-refractivity contribution in [1.82, 2.24) is 4.90 Å². The smallest absolute Gasteiger partial charge is 0.326 e. The number of hydrogen-bond donors (Lipinski definition) is 0. The summed E-state index contributed by atoms with van der Waals surface area (Å²) >= 11 is 7.86. The molecule has 6 nitrogen and oxygen atoms in total. The predicted molar refractivity (Wildman–Crippen MR) is 147 cm³/mol. The molecule has 2 bridgehead atoms. The molecule has 0 saturated carbocycles. The van der Waals surface area contributed by atoms with Gasteiger partial charge in [0.25, 0.3) is 0 Å². The number of carbonyl (C=O) groups is 4. The fraction of sp³-hybridized carbons (Fsp3) is 0.267. The summed E-state index contributed by atoms with van der Waals surface area (Å²) in [5.74, 6) is -3.55. The minimum absolute atomic E-state index is 0.338. The van der Waals surface area contributed by atoms with Gasteiger partial charge in [0.2, 0.25) is 17.6 Å². The number of amides is 2. The highest BCUT2D eigenvalue weighted by molar-refractivity contribution is 9.10. The van der Waals surface area contributed by atoms with Crippen LogP contribution in [-0.2, 0) is 27.8 Å². The van der Waals surface area contributed by atoms with E-state index in [0.29, 0.717) is 5.56 Å². The highest BCUT2D eigenvalue weighted by atomic mass is 79.9. The molecule has 0 N–H and O–H groups in total. The average Bonchev–Trinajstić information content (AvgIpc) is 3.17. The van der Waals surface area contributed by atoms with Gasteiger partial charge in [0.1, 0.15) is 6.54 Å². The molecular weight excluding hydrogens is 614 g/mol. The molecule has 192 valence electrons. The lowest BCUT2D eigenvalue weighted by Gasteiger charge is -2.55. The third kappa shape index (κ3) is 3.29. The summed E-state index contributed by atoms with van der Waals surface area (Å²) in [4.78, 5) is 54.2. The van der Waals surface area contributed by atoms with Crippen molar-refractivity contribution < 1.29 is 23.9 Å². The average molecular weight is 637 g/mol. The van der Waals surface area contributed by atoms with Gasteiger partial charge in [-0.3, -0.25) is 24.1 Å². The Morgan fingerprint density at radius 3 is 1.76 bits per heavy atom. The number of hydrogen-bond acceptors (Lipinski definition) is 5. The van der Waals surface area contributed by atoms with Crippen molar-refractivity contribution >= 4 is 55.4 Å². The first-order valence-electron chi connectivity index (χ1n) is 12.3. The molecule has 2 amide bonds. The summed E-state index contributed by atoms with van der Waals surface area (Å²) in [7, 11) is 0. The molecule has 38 heavy (non-hydrogen) atoms. The van der Waals surface area contributed by atoms with Crippen molar-refractivity contribution in [3.05, 3.63) is 106 Å². The maximum Gasteiger partial charge on any atom is 0.326 e. The van der Waals surface area contributed by atoms with Crippen LogP contribution in [0.2, 0.25) is 0 Å². The Bertz CT molecular complexity index is 1440. The van der Waals surface area contributed by atoms with Gasteiger partial charge in [-0.15, -0.1) is 0 Å². The van der Waals surface area contributed by atoms with Gasteiger partial charge in [-0.05, 0) is 47.7 Å². The topological polar surface area (TPSA) is 80.8 Å². The van der Waals surface area contributed by atoms with Crippen LogP contribution in [0.25, 0.3) is 0 Å². The van der Waals surface area contributed by atoms with Gasteiger partial charge in [0.05, 0.1) is 20.5 Å². The molecule has 0 radical (unpaired) electrons. The van der Waals surface area contributed by atoms with E-state index in [1.165, 1.54) is 0 Å². The molecule has 0 aromatic heterocycles. The molecule has 7 rings (SSSR count). The fourth-order valence-electron chi connectivity index (χ4n) is 6.32. The molecule has 1 heterocycles. The second-order valence-electron chi connectivity index (χ2n) is 10.1. The summed E-state index contributed by atoms with van der Waals surface area (Å²) in [6, 6.07) is 21.0. The van der Waals surface area contributed by atoms with E-state index < -0.39 is 51.4 Å². The van der Waals surface area contributed by atoms with Crippen LogP contribution in [0.15, 0.2) is 66.7 Å². The first kappa shape index (κ1) is 25.2. The standard InChI is InChI=1S/C30H23Br2NO5/c1-16-11-12-17(2)18(13-16)23(34)15-38-24(35)14-33-27(36)25-26(28(33)37)30(32)20-8-4-3-7-19(20)29(25,31)21-9-5-6-10-22(21)30/h3-13,25-26H,14-15H2,1-2H3/t25-,26-,29?,30?/m1/s1. The van der Waals surface area contributed by atoms with Crippen molar-refractivity contribution in [2.45, 2.75) is 22.5 Å². The van der Waals surface area contributed by atoms with Crippen LogP contribution < -0.4 is 0 Å². The molecule has 2 atom stereocenters. The SMILES string of the molecule is Cc1ccc(C)c(C(=O)COC(=O)CN2C(=O)[C@H]3[C@H](C2=O)C2(Br)c4ccccc4C3(Br)c3ccccc32)c1. The molecule has 8 heteroatoms. The molecule has 3 aromatic carbocycles. The Balaban J connectivity index is 1.29. The fourth-order valence-corrected chi connectivity index (χ4v) is 8.62. The number of likely N-dealkylation sites (tertiary alicyclic amines) is 1. The molecule has 3 aromatic rings. The van der Waals surface area contributed by atoms with E-state index in [1.807, 2.05) is 74.5 Å². The van der Waals surface area contributed by atoms with Gasteiger partial charge < -0.3 is 4.74 Å². The minimum atomic E-state index is -0.926. The second-order valence-corrected chi connectivity index (χ2v) is 12.6. The minimum Gasteiger partial charge on any atom is -0.456 e. The number of halogens is 2. The molecule has 0 unspecified atom stereocenters. The molecular formula is C30H23Br2NO5. The summed E-state index contributed by atoms with van der Waals surface area (Å²) in [5, 5.41) is 0. The van der Waals surface area contributed by atoms with E-state index >= 15 is 0 Å². The lowest BCUT2D eigenvalue weighted by molar-refractivity contribution is -0.152. The van der Waals surface area contributed by atoms with E-state index in [4.69, 9.17) is 4.74 Å². The largest absolute Gasteiger partial charge is 0.456 e. The zero-order chi connectivity index (χ0) is 27.0. The van der Waals surface area contributed by atoms with E-state index in [2.05, 4.69) is 31.9 Å². The Morgan fingerprint density at radius 1 is 0.816 bits per heavy atom. The summed E-state index contributed by atoms with van der Waals surface area (Å²) in [6.45, 7) is 2.68. The molecule has 3 aliphatic carbocycles. The third-order valence-corrected chi connectivity index (χ3v) is 10.7. The van der Waals surface area contributed by atoms with Gasteiger partial charge in [0, 0.05) is 5.56 Å². The number of nitrogens with zero attached hydrogens (tertiary/aromatic N) is 1. The maximum atomic E-state index is 13.9. The zero-order valence-electron chi connectivity index (χ0n) is 20.7. The number of alkyl halides is 2. The van der Waals surface area contributed by atoms with Crippen LogP contribution in [0.4, 0.5) is 0 Å². The number of aryl methyl sites for hydroxylation is 2. The number of carbonyl (C=O) groups excluding carboxylic acids is 4. The first-order chi connectivity index (χ1) is 18.1. The second kappa shape index (κ2) is 8.71. The van der Waals surface area contributed by atoms with Gasteiger partial charge in [-0.25, -0.2) is 0 Å². The molecule has 1 fully saturated rings. The lowest BCUT2D eigenvalue weighted by atomic mass is 9.54.